The molecular formula is C15H19N3O. The molecule has 0 amide bonds. The Morgan fingerprint density at radius 2 is 1.89 bits per heavy atom. The highest BCUT2D eigenvalue weighted by Gasteiger charge is 2.11. The topological polar surface area (TPSA) is 74.2 Å². The molecule has 1 atom stereocenters. The molecule has 19 heavy (non-hydrogen) atoms. The maximum atomic E-state index is 5.82. The van der Waals surface area contributed by atoms with Gasteiger partial charge in [0.05, 0.1) is 5.69 Å². The van der Waals surface area contributed by atoms with Gasteiger partial charge in [0.2, 0.25) is 5.88 Å². The first-order valence-electron chi connectivity index (χ1n) is 6.40. The van der Waals surface area contributed by atoms with Crippen molar-refractivity contribution >= 4 is 11.5 Å². The van der Waals surface area contributed by atoms with Gasteiger partial charge in [0.15, 0.2) is 5.82 Å². The van der Waals surface area contributed by atoms with Gasteiger partial charge in [-0.15, -0.1) is 0 Å². The van der Waals surface area contributed by atoms with Gasteiger partial charge in [0.1, 0.15) is 5.75 Å². The Hall–Kier alpha value is -2.23. The van der Waals surface area contributed by atoms with E-state index in [2.05, 4.69) is 24.9 Å². The van der Waals surface area contributed by atoms with Crippen LogP contribution in [0.25, 0.3) is 0 Å². The molecule has 0 radical (unpaired) electrons. The average molecular weight is 257 g/mol. The molecule has 1 heterocycles. The molecule has 1 unspecified atom stereocenters. The third-order valence-corrected chi connectivity index (χ3v) is 3.21. The number of nitrogen functional groups attached to an aromatic ring is 2. The molecule has 4 nitrogen and oxygen atoms in total. The first-order valence-corrected chi connectivity index (χ1v) is 6.40. The lowest BCUT2D eigenvalue weighted by atomic mass is 9.98. The summed E-state index contributed by atoms with van der Waals surface area (Å²) in [5.41, 5.74) is 13.0. The van der Waals surface area contributed by atoms with Crippen LogP contribution >= 0.6 is 0 Å². The van der Waals surface area contributed by atoms with E-state index in [1.165, 1.54) is 5.56 Å². The second-order valence-corrected chi connectivity index (χ2v) is 4.57. The number of nitrogens with two attached hydrogens (primary N) is 2. The van der Waals surface area contributed by atoms with Crippen LogP contribution in [-0.2, 0) is 0 Å². The predicted octanol–water partition coefficient (Wildman–Crippen LogP) is 3.55. The number of para-hydroxylation sites is 1. The number of nitrogens with zero attached hydrogens (tertiary/aromatic N) is 1. The summed E-state index contributed by atoms with van der Waals surface area (Å²) in [6.45, 7) is 4.33. The van der Waals surface area contributed by atoms with Crippen molar-refractivity contribution in [2.24, 2.45) is 0 Å². The van der Waals surface area contributed by atoms with Crippen molar-refractivity contribution in [1.82, 2.24) is 4.98 Å². The molecule has 4 N–H and O–H groups in total. The van der Waals surface area contributed by atoms with Crippen LogP contribution in [-0.4, -0.2) is 4.98 Å². The molecule has 0 fully saturated rings. The van der Waals surface area contributed by atoms with Crippen molar-refractivity contribution in [3.05, 3.63) is 42.0 Å². The summed E-state index contributed by atoms with van der Waals surface area (Å²) in [6, 6.07) is 11.4. The van der Waals surface area contributed by atoms with Crippen LogP contribution in [0, 0.1) is 0 Å². The van der Waals surface area contributed by atoms with Crippen LogP contribution in [0.3, 0.4) is 0 Å². The van der Waals surface area contributed by atoms with Gasteiger partial charge in [-0.1, -0.05) is 32.0 Å². The highest BCUT2D eigenvalue weighted by atomic mass is 16.5. The van der Waals surface area contributed by atoms with E-state index in [4.69, 9.17) is 16.2 Å². The lowest BCUT2D eigenvalue weighted by Crippen LogP contribution is -2.00. The highest BCUT2D eigenvalue weighted by Crippen LogP contribution is 2.31. The fourth-order valence-electron chi connectivity index (χ4n) is 1.84. The van der Waals surface area contributed by atoms with Crippen LogP contribution in [0.1, 0.15) is 31.7 Å². The minimum atomic E-state index is 0.290. The summed E-state index contributed by atoms with van der Waals surface area (Å²) in [5, 5.41) is 0. The number of benzene rings is 1. The molecule has 0 saturated carbocycles. The normalized spacial score (nSPS) is 12.1. The highest BCUT2D eigenvalue weighted by molar-refractivity contribution is 5.59. The molecule has 0 aliphatic heterocycles. The van der Waals surface area contributed by atoms with Gasteiger partial charge in [0.25, 0.3) is 0 Å². The summed E-state index contributed by atoms with van der Waals surface area (Å²) in [4.78, 5) is 4.12. The Kier molecular flexibility index (Phi) is 3.90. The summed E-state index contributed by atoms with van der Waals surface area (Å²) in [6.07, 6.45) is 1.05. The number of hydrogen-bond acceptors (Lipinski definition) is 4. The van der Waals surface area contributed by atoms with Crippen molar-refractivity contribution in [2.45, 2.75) is 26.2 Å². The van der Waals surface area contributed by atoms with E-state index < -0.39 is 0 Å². The van der Waals surface area contributed by atoms with Crippen LogP contribution in [0.15, 0.2) is 36.4 Å². The van der Waals surface area contributed by atoms with Gasteiger partial charge < -0.3 is 16.2 Å². The molecule has 0 saturated heterocycles. The Labute approximate surface area is 113 Å². The molecule has 0 aliphatic carbocycles. The lowest BCUT2D eigenvalue weighted by molar-refractivity contribution is 0.453. The Morgan fingerprint density at radius 3 is 2.58 bits per heavy atom. The molecule has 4 heteroatoms. The first kappa shape index (κ1) is 13.2. The standard InChI is InChI=1S/C15H19N3O/c1-3-10(2)11-6-4-5-7-13(11)19-14-9-8-12(16)15(17)18-14/h4-10H,3,16H2,1-2H3,(H2,17,18). The zero-order valence-electron chi connectivity index (χ0n) is 11.3. The van der Waals surface area contributed by atoms with E-state index >= 15 is 0 Å². The zero-order valence-corrected chi connectivity index (χ0v) is 11.3. The Bertz CT molecular complexity index is 569. The van der Waals surface area contributed by atoms with Gasteiger partial charge in [-0.2, -0.15) is 4.98 Å². The van der Waals surface area contributed by atoms with Crippen LogP contribution in [0.4, 0.5) is 11.5 Å². The van der Waals surface area contributed by atoms with Gasteiger partial charge in [-0.05, 0) is 30.0 Å². The van der Waals surface area contributed by atoms with Gasteiger partial charge >= 0.3 is 0 Å². The first-order chi connectivity index (χ1) is 9.11. The second kappa shape index (κ2) is 5.61. The molecule has 0 bridgehead atoms. The number of aromatic nitrogens is 1. The van der Waals surface area contributed by atoms with Crippen LogP contribution < -0.4 is 16.2 Å². The van der Waals surface area contributed by atoms with Gasteiger partial charge in [-0.25, -0.2) is 0 Å². The lowest BCUT2D eigenvalue weighted by Gasteiger charge is -2.15. The van der Waals surface area contributed by atoms with E-state index in [0.29, 0.717) is 23.3 Å². The van der Waals surface area contributed by atoms with Gasteiger partial charge in [-0.3, -0.25) is 0 Å². The van der Waals surface area contributed by atoms with E-state index in [1.54, 1.807) is 12.1 Å². The van der Waals surface area contributed by atoms with E-state index in [9.17, 15) is 0 Å². The average Bonchev–Trinajstić information content (AvgIpc) is 2.43. The fourth-order valence-corrected chi connectivity index (χ4v) is 1.84. The van der Waals surface area contributed by atoms with E-state index in [0.717, 1.165) is 12.2 Å². The molecule has 1 aromatic heterocycles. The third-order valence-electron chi connectivity index (χ3n) is 3.21. The smallest absolute Gasteiger partial charge is 0.221 e. The molecule has 0 spiro atoms. The number of anilines is 2. The van der Waals surface area contributed by atoms with Crippen molar-refractivity contribution in [2.75, 3.05) is 11.5 Å². The van der Waals surface area contributed by atoms with Crippen molar-refractivity contribution in [1.29, 1.82) is 0 Å². The number of hydrogen-bond donors (Lipinski definition) is 2. The van der Waals surface area contributed by atoms with Gasteiger partial charge in [0, 0.05) is 6.07 Å². The van der Waals surface area contributed by atoms with Crippen LogP contribution in [0.5, 0.6) is 11.6 Å². The van der Waals surface area contributed by atoms with Crippen molar-refractivity contribution < 1.29 is 4.74 Å². The SMILES string of the molecule is CCC(C)c1ccccc1Oc1ccc(N)c(N)n1. The summed E-state index contributed by atoms with van der Waals surface area (Å²) in [7, 11) is 0. The number of pyridine rings is 1. The largest absolute Gasteiger partial charge is 0.439 e. The summed E-state index contributed by atoms with van der Waals surface area (Å²) in [5.74, 6) is 2.00. The fraction of sp³-hybridized carbons (Fsp3) is 0.267. The summed E-state index contributed by atoms with van der Waals surface area (Å²) >= 11 is 0. The Morgan fingerprint density at radius 1 is 1.16 bits per heavy atom. The van der Waals surface area contributed by atoms with Crippen molar-refractivity contribution in [3.8, 4) is 11.6 Å². The molecule has 100 valence electrons. The number of rotatable bonds is 4. The predicted molar refractivity (Wildman–Crippen MR) is 78.3 cm³/mol. The maximum absolute atomic E-state index is 5.82. The molecular weight excluding hydrogens is 238 g/mol. The Balaban J connectivity index is 2.30. The quantitative estimate of drug-likeness (QED) is 0.878. The van der Waals surface area contributed by atoms with Crippen molar-refractivity contribution in [3.63, 3.8) is 0 Å². The minimum absolute atomic E-state index is 0.290. The van der Waals surface area contributed by atoms with Crippen LogP contribution in [0.2, 0.25) is 0 Å². The minimum Gasteiger partial charge on any atom is -0.439 e. The molecule has 2 rings (SSSR count). The third kappa shape index (κ3) is 2.96. The van der Waals surface area contributed by atoms with E-state index in [-0.39, 0.29) is 0 Å². The van der Waals surface area contributed by atoms with E-state index in [1.807, 2.05) is 18.2 Å². The molecule has 0 aliphatic rings. The zero-order chi connectivity index (χ0) is 13.8. The maximum Gasteiger partial charge on any atom is 0.221 e. The molecule has 1 aromatic carbocycles. The number of ether oxygens (including phenoxy) is 1. The monoisotopic (exact) mass is 257 g/mol. The molecule has 2 aromatic rings. The summed E-state index contributed by atoms with van der Waals surface area (Å²) < 4.78 is 5.82. The second-order valence-electron chi connectivity index (χ2n) is 4.57.